The summed E-state index contributed by atoms with van der Waals surface area (Å²) in [4.78, 5) is 6.72. The Bertz CT molecular complexity index is 655. The van der Waals surface area contributed by atoms with E-state index in [4.69, 9.17) is 9.26 Å². The first-order valence-corrected chi connectivity index (χ1v) is 7.30. The van der Waals surface area contributed by atoms with E-state index in [1.165, 1.54) is 11.3 Å². The first kappa shape index (κ1) is 12.8. The van der Waals surface area contributed by atoms with Crippen molar-refractivity contribution >= 4 is 5.69 Å². The van der Waals surface area contributed by atoms with Crippen molar-refractivity contribution in [2.45, 2.75) is 12.5 Å². The molecule has 0 spiro atoms. The summed E-state index contributed by atoms with van der Waals surface area (Å²) in [5, 5.41) is 7.45. The fourth-order valence-corrected chi connectivity index (χ4v) is 2.84. The molecule has 1 aromatic carbocycles. The fraction of sp³-hybridized carbons (Fsp3) is 0.467. The van der Waals surface area contributed by atoms with Gasteiger partial charge in [-0.15, -0.1) is 0 Å². The van der Waals surface area contributed by atoms with Crippen molar-refractivity contribution < 1.29 is 9.26 Å². The molecule has 2 aliphatic heterocycles. The van der Waals surface area contributed by atoms with E-state index < -0.39 is 0 Å². The van der Waals surface area contributed by atoms with E-state index in [9.17, 15) is 0 Å². The van der Waals surface area contributed by atoms with Gasteiger partial charge in [0.1, 0.15) is 6.10 Å². The molecule has 0 saturated carbocycles. The van der Waals surface area contributed by atoms with Crippen LogP contribution >= 0.6 is 0 Å². The number of nitrogens with zero attached hydrogens (tertiary/aromatic N) is 3. The number of aromatic nitrogens is 2. The zero-order valence-corrected chi connectivity index (χ0v) is 12.0. The van der Waals surface area contributed by atoms with Gasteiger partial charge < -0.3 is 19.5 Å². The number of hydrogen-bond acceptors (Lipinski definition) is 6. The summed E-state index contributed by atoms with van der Waals surface area (Å²) >= 11 is 0. The van der Waals surface area contributed by atoms with Gasteiger partial charge in [0.15, 0.2) is 0 Å². The van der Waals surface area contributed by atoms with Gasteiger partial charge in [0.05, 0.1) is 6.61 Å². The SMILES string of the molecule is CN1CCOC(c2noc(-c3ccc4c(c3)NCC4)n2)C1. The maximum absolute atomic E-state index is 5.72. The predicted molar refractivity (Wildman–Crippen MR) is 78.1 cm³/mol. The van der Waals surface area contributed by atoms with Crippen molar-refractivity contribution in [3.8, 4) is 11.5 Å². The van der Waals surface area contributed by atoms with E-state index in [2.05, 4.69) is 39.5 Å². The molecule has 2 aromatic rings. The van der Waals surface area contributed by atoms with Crippen LogP contribution in [0.25, 0.3) is 11.5 Å². The molecule has 4 rings (SSSR count). The van der Waals surface area contributed by atoms with E-state index in [1.807, 2.05) is 6.07 Å². The lowest BCUT2D eigenvalue weighted by atomic mass is 10.1. The highest BCUT2D eigenvalue weighted by Crippen LogP contribution is 2.29. The molecule has 0 radical (unpaired) electrons. The van der Waals surface area contributed by atoms with Crippen molar-refractivity contribution in [3.05, 3.63) is 29.6 Å². The molecule has 1 atom stereocenters. The number of anilines is 1. The lowest BCUT2D eigenvalue weighted by molar-refractivity contribution is -0.0264. The molecule has 6 heteroatoms. The third-order valence-electron chi connectivity index (χ3n) is 4.07. The smallest absolute Gasteiger partial charge is 0.258 e. The Morgan fingerprint density at radius 1 is 1.38 bits per heavy atom. The summed E-state index contributed by atoms with van der Waals surface area (Å²) in [6.07, 6.45) is 0.973. The molecule has 2 aliphatic rings. The van der Waals surface area contributed by atoms with E-state index in [0.29, 0.717) is 18.3 Å². The van der Waals surface area contributed by atoms with Gasteiger partial charge in [-0.3, -0.25) is 0 Å². The number of nitrogens with one attached hydrogen (secondary N) is 1. The third kappa shape index (κ3) is 2.41. The zero-order chi connectivity index (χ0) is 14.2. The molecule has 1 fully saturated rings. The Balaban J connectivity index is 1.59. The molecular weight excluding hydrogens is 268 g/mol. The maximum Gasteiger partial charge on any atom is 0.258 e. The molecule has 1 N–H and O–H groups in total. The number of morpholine rings is 1. The molecule has 1 saturated heterocycles. The normalized spacial score (nSPS) is 22.0. The standard InChI is InChI=1S/C15H18N4O2/c1-19-6-7-20-13(9-19)14-17-15(21-18-14)11-3-2-10-4-5-16-12(10)8-11/h2-3,8,13,16H,4-7,9H2,1H3. The van der Waals surface area contributed by atoms with Crippen molar-refractivity contribution in [1.82, 2.24) is 15.0 Å². The molecule has 0 amide bonds. The van der Waals surface area contributed by atoms with Crippen LogP contribution in [-0.2, 0) is 11.2 Å². The number of hydrogen-bond donors (Lipinski definition) is 1. The Labute approximate surface area is 123 Å². The van der Waals surface area contributed by atoms with E-state index in [1.54, 1.807) is 0 Å². The Morgan fingerprint density at radius 3 is 3.24 bits per heavy atom. The second-order valence-corrected chi connectivity index (χ2v) is 5.63. The van der Waals surface area contributed by atoms with Crippen LogP contribution in [0.5, 0.6) is 0 Å². The molecule has 3 heterocycles. The molecule has 1 aromatic heterocycles. The van der Waals surface area contributed by atoms with Crippen molar-refractivity contribution in [2.24, 2.45) is 0 Å². The topological polar surface area (TPSA) is 63.4 Å². The van der Waals surface area contributed by atoms with Crippen LogP contribution in [0.4, 0.5) is 5.69 Å². The second kappa shape index (κ2) is 5.13. The summed E-state index contributed by atoms with van der Waals surface area (Å²) in [6, 6.07) is 6.24. The van der Waals surface area contributed by atoms with Crippen molar-refractivity contribution in [3.63, 3.8) is 0 Å². The van der Waals surface area contributed by atoms with Crippen LogP contribution in [0.2, 0.25) is 0 Å². The summed E-state index contributed by atoms with van der Waals surface area (Å²) in [7, 11) is 2.07. The highest BCUT2D eigenvalue weighted by Gasteiger charge is 2.25. The Kier molecular flexibility index (Phi) is 3.12. The quantitative estimate of drug-likeness (QED) is 0.906. The largest absolute Gasteiger partial charge is 0.384 e. The molecule has 0 aliphatic carbocycles. The van der Waals surface area contributed by atoms with Gasteiger partial charge in [-0.05, 0) is 31.2 Å². The van der Waals surface area contributed by atoms with Crippen LogP contribution in [-0.4, -0.2) is 48.3 Å². The van der Waals surface area contributed by atoms with Crippen molar-refractivity contribution in [2.75, 3.05) is 38.6 Å². The summed E-state index contributed by atoms with van der Waals surface area (Å²) in [5.41, 5.74) is 3.46. The summed E-state index contributed by atoms with van der Waals surface area (Å²) in [6.45, 7) is 3.44. The fourth-order valence-electron chi connectivity index (χ4n) is 2.84. The molecule has 110 valence electrons. The first-order valence-electron chi connectivity index (χ1n) is 7.30. The van der Waals surface area contributed by atoms with Gasteiger partial charge in [0, 0.05) is 30.9 Å². The Morgan fingerprint density at radius 2 is 2.33 bits per heavy atom. The number of fused-ring (bicyclic) bond motifs is 1. The number of benzene rings is 1. The van der Waals surface area contributed by atoms with Crippen LogP contribution < -0.4 is 5.32 Å². The summed E-state index contributed by atoms with van der Waals surface area (Å²) < 4.78 is 11.1. The van der Waals surface area contributed by atoms with Gasteiger partial charge >= 0.3 is 0 Å². The van der Waals surface area contributed by atoms with Gasteiger partial charge in [0.25, 0.3) is 5.89 Å². The van der Waals surface area contributed by atoms with Crippen molar-refractivity contribution in [1.29, 1.82) is 0 Å². The van der Waals surface area contributed by atoms with E-state index in [-0.39, 0.29) is 6.10 Å². The lowest BCUT2D eigenvalue weighted by Crippen LogP contribution is -2.35. The molecule has 1 unspecified atom stereocenters. The predicted octanol–water partition coefficient (Wildman–Crippen LogP) is 1.71. The second-order valence-electron chi connectivity index (χ2n) is 5.63. The summed E-state index contributed by atoms with van der Waals surface area (Å²) in [5.74, 6) is 1.18. The minimum absolute atomic E-state index is 0.103. The van der Waals surface area contributed by atoms with Crippen LogP contribution in [0.3, 0.4) is 0 Å². The third-order valence-corrected chi connectivity index (χ3v) is 4.07. The molecule has 0 bridgehead atoms. The number of likely N-dealkylation sites (N-methyl/N-ethyl adjacent to an activating group) is 1. The van der Waals surface area contributed by atoms with E-state index >= 15 is 0 Å². The molecular formula is C15H18N4O2. The monoisotopic (exact) mass is 286 g/mol. The molecule has 6 nitrogen and oxygen atoms in total. The van der Waals surface area contributed by atoms with E-state index in [0.717, 1.165) is 31.6 Å². The van der Waals surface area contributed by atoms with Gasteiger partial charge in [-0.1, -0.05) is 11.2 Å². The Hall–Kier alpha value is -1.92. The number of rotatable bonds is 2. The zero-order valence-electron chi connectivity index (χ0n) is 12.0. The van der Waals surface area contributed by atoms with Gasteiger partial charge in [0.2, 0.25) is 5.82 Å². The minimum Gasteiger partial charge on any atom is -0.384 e. The highest BCUT2D eigenvalue weighted by molar-refractivity contribution is 5.66. The highest BCUT2D eigenvalue weighted by atomic mass is 16.5. The first-order chi connectivity index (χ1) is 10.3. The average Bonchev–Trinajstić information content (AvgIpc) is 3.15. The maximum atomic E-state index is 5.72. The van der Waals surface area contributed by atoms with Gasteiger partial charge in [-0.25, -0.2) is 0 Å². The van der Waals surface area contributed by atoms with Crippen LogP contribution in [0, 0.1) is 0 Å². The van der Waals surface area contributed by atoms with Crippen LogP contribution in [0.15, 0.2) is 22.7 Å². The van der Waals surface area contributed by atoms with Crippen LogP contribution in [0.1, 0.15) is 17.5 Å². The minimum atomic E-state index is -0.103. The lowest BCUT2D eigenvalue weighted by Gasteiger charge is -2.27. The van der Waals surface area contributed by atoms with Gasteiger partial charge in [-0.2, -0.15) is 4.98 Å². The number of ether oxygens (including phenoxy) is 1. The molecule has 21 heavy (non-hydrogen) atoms. The average molecular weight is 286 g/mol.